The fourth-order valence-electron chi connectivity index (χ4n) is 3.27. The molecule has 150 valence electrons. The van der Waals surface area contributed by atoms with Gasteiger partial charge >= 0.3 is 0 Å². The summed E-state index contributed by atoms with van der Waals surface area (Å²) >= 11 is 12.0. The number of sulfone groups is 1. The number of benzene rings is 2. The van der Waals surface area contributed by atoms with Gasteiger partial charge in [0.05, 0.1) is 16.0 Å². The standard InChI is InChI=1S/C20H21Cl2NO4S/c1-14(27-18-8-7-16(21)13-17(18)22)20(24)23-10-9-19(28(25,26)12-11-23)15-5-3-2-4-6-15/h2-8,13-14,19H,9-12H2,1H3/t14-,19-/m0/s1. The van der Waals surface area contributed by atoms with E-state index in [1.807, 2.05) is 30.3 Å². The molecule has 1 heterocycles. The lowest BCUT2D eigenvalue weighted by molar-refractivity contribution is -0.137. The molecule has 0 N–H and O–H groups in total. The van der Waals surface area contributed by atoms with Gasteiger partial charge in [0.2, 0.25) is 0 Å². The summed E-state index contributed by atoms with van der Waals surface area (Å²) in [6, 6.07) is 13.9. The van der Waals surface area contributed by atoms with Crippen molar-refractivity contribution in [2.45, 2.75) is 24.7 Å². The summed E-state index contributed by atoms with van der Waals surface area (Å²) in [7, 11) is -3.35. The van der Waals surface area contributed by atoms with Crippen molar-refractivity contribution in [3.63, 3.8) is 0 Å². The van der Waals surface area contributed by atoms with Gasteiger partial charge in [-0.3, -0.25) is 4.79 Å². The number of nitrogens with zero attached hydrogens (tertiary/aromatic N) is 1. The van der Waals surface area contributed by atoms with Crippen LogP contribution in [0, 0.1) is 0 Å². The van der Waals surface area contributed by atoms with E-state index in [4.69, 9.17) is 27.9 Å². The summed E-state index contributed by atoms with van der Waals surface area (Å²) in [4.78, 5) is 14.4. The van der Waals surface area contributed by atoms with Crippen LogP contribution in [0.15, 0.2) is 48.5 Å². The van der Waals surface area contributed by atoms with Crippen molar-refractivity contribution in [1.82, 2.24) is 4.90 Å². The largest absolute Gasteiger partial charge is 0.479 e. The van der Waals surface area contributed by atoms with E-state index < -0.39 is 21.2 Å². The molecule has 3 rings (SSSR count). The Hall–Kier alpha value is -1.76. The minimum Gasteiger partial charge on any atom is -0.479 e. The average Bonchev–Trinajstić information content (AvgIpc) is 2.82. The molecule has 1 amide bonds. The third kappa shape index (κ3) is 4.80. The SMILES string of the molecule is C[C@H](Oc1ccc(Cl)cc1Cl)C(=O)N1CC[C@@H](c2ccccc2)S(=O)(=O)CC1. The fraction of sp³-hybridized carbons (Fsp3) is 0.350. The summed E-state index contributed by atoms with van der Waals surface area (Å²) in [5, 5.41) is 0.184. The predicted octanol–water partition coefficient (Wildman–Crippen LogP) is 4.15. The number of halogens is 2. The smallest absolute Gasteiger partial charge is 0.263 e. The summed E-state index contributed by atoms with van der Waals surface area (Å²) in [6.45, 7) is 2.12. The summed E-state index contributed by atoms with van der Waals surface area (Å²) in [6.07, 6.45) is -0.443. The van der Waals surface area contributed by atoms with E-state index in [2.05, 4.69) is 0 Å². The molecule has 0 aromatic heterocycles. The lowest BCUT2D eigenvalue weighted by Gasteiger charge is -2.24. The van der Waals surface area contributed by atoms with Crippen LogP contribution in [-0.4, -0.2) is 44.2 Å². The van der Waals surface area contributed by atoms with E-state index in [0.29, 0.717) is 28.8 Å². The van der Waals surface area contributed by atoms with E-state index in [-0.39, 0.29) is 18.2 Å². The van der Waals surface area contributed by atoms with Gasteiger partial charge in [-0.15, -0.1) is 0 Å². The fourth-order valence-corrected chi connectivity index (χ4v) is 5.52. The molecule has 0 unspecified atom stereocenters. The second-order valence-corrected chi connectivity index (χ2v) is 9.86. The van der Waals surface area contributed by atoms with Crippen molar-refractivity contribution < 1.29 is 17.9 Å². The maximum atomic E-state index is 12.8. The first kappa shape index (κ1) is 21.0. The zero-order valence-electron chi connectivity index (χ0n) is 15.3. The highest BCUT2D eigenvalue weighted by molar-refractivity contribution is 7.91. The molecule has 0 saturated carbocycles. The molecule has 1 aliphatic rings. The molecule has 0 radical (unpaired) electrons. The molecule has 1 saturated heterocycles. The van der Waals surface area contributed by atoms with Crippen molar-refractivity contribution in [2.24, 2.45) is 0 Å². The highest BCUT2D eigenvalue weighted by atomic mass is 35.5. The molecular formula is C20H21Cl2NO4S. The number of hydrogen-bond acceptors (Lipinski definition) is 4. The number of ether oxygens (including phenoxy) is 1. The zero-order chi connectivity index (χ0) is 20.3. The van der Waals surface area contributed by atoms with Crippen molar-refractivity contribution in [2.75, 3.05) is 18.8 Å². The van der Waals surface area contributed by atoms with Gasteiger partial charge in [0.15, 0.2) is 15.9 Å². The van der Waals surface area contributed by atoms with Crippen LogP contribution in [0.1, 0.15) is 24.2 Å². The van der Waals surface area contributed by atoms with Gasteiger partial charge in [0.25, 0.3) is 5.91 Å². The molecule has 0 aliphatic carbocycles. The normalized spacial score (nSPS) is 20.2. The lowest BCUT2D eigenvalue weighted by atomic mass is 10.1. The monoisotopic (exact) mass is 441 g/mol. The Bertz CT molecular complexity index is 950. The molecule has 0 bridgehead atoms. The maximum absolute atomic E-state index is 12.8. The Morgan fingerprint density at radius 3 is 2.54 bits per heavy atom. The predicted molar refractivity (Wildman–Crippen MR) is 111 cm³/mol. The minimum absolute atomic E-state index is 0.0767. The van der Waals surface area contributed by atoms with Crippen LogP contribution in [-0.2, 0) is 14.6 Å². The molecule has 1 fully saturated rings. The van der Waals surface area contributed by atoms with Crippen LogP contribution < -0.4 is 4.74 Å². The first-order valence-electron chi connectivity index (χ1n) is 8.95. The molecule has 2 atom stereocenters. The van der Waals surface area contributed by atoms with Gasteiger partial charge in [0.1, 0.15) is 5.75 Å². The molecule has 1 aliphatic heterocycles. The third-order valence-corrected chi connectivity index (χ3v) is 7.43. The number of hydrogen-bond donors (Lipinski definition) is 0. The lowest BCUT2D eigenvalue weighted by Crippen LogP contribution is -2.42. The molecular weight excluding hydrogens is 421 g/mol. The molecule has 2 aromatic rings. The third-order valence-electron chi connectivity index (χ3n) is 4.77. The van der Waals surface area contributed by atoms with Gasteiger partial charge in [-0.25, -0.2) is 8.42 Å². The quantitative estimate of drug-likeness (QED) is 0.714. The van der Waals surface area contributed by atoms with E-state index in [1.54, 1.807) is 30.0 Å². The Morgan fingerprint density at radius 2 is 1.86 bits per heavy atom. The number of rotatable bonds is 4. The van der Waals surface area contributed by atoms with Gasteiger partial charge in [0, 0.05) is 18.1 Å². The Labute approximate surface area is 175 Å². The minimum atomic E-state index is -3.35. The van der Waals surface area contributed by atoms with E-state index in [1.165, 1.54) is 0 Å². The first-order chi connectivity index (χ1) is 13.3. The summed E-state index contributed by atoms with van der Waals surface area (Å²) in [5.41, 5.74) is 0.758. The van der Waals surface area contributed by atoms with Gasteiger partial charge in [-0.05, 0) is 37.1 Å². The molecule has 5 nitrogen and oxygen atoms in total. The van der Waals surface area contributed by atoms with Gasteiger partial charge < -0.3 is 9.64 Å². The molecule has 2 aromatic carbocycles. The van der Waals surface area contributed by atoms with Crippen molar-refractivity contribution in [3.8, 4) is 5.75 Å². The Kier molecular flexibility index (Phi) is 6.53. The maximum Gasteiger partial charge on any atom is 0.263 e. The molecule has 0 spiro atoms. The van der Waals surface area contributed by atoms with Crippen molar-refractivity contribution in [1.29, 1.82) is 0 Å². The van der Waals surface area contributed by atoms with Crippen LogP contribution in [0.5, 0.6) is 5.75 Å². The average molecular weight is 442 g/mol. The topological polar surface area (TPSA) is 63.7 Å². The van der Waals surface area contributed by atoms with Crippen molar-refractivity contribution in [3.05, 3.63) is 64.1 Å². The second-order valence-electron chi connectivity index (χ2n) is 6.72. The zero-order valence-corrected chi connectivity index (χ0v) is 17.7. The summed E-state index contributed by atoms with van der Waals surface area (Å²) in [5.74, 6) is 0.0126. The van der Waals surface area contributed by atoms with Crippen molar-refractivity contribution >= 4 is 38.9 Å². The van der Waals surface area contributed by atoms with E-state index in [9.17, 15) is 13.2 Å². The highest BCUT2D eigenvalue weighted by Gasteiger charge is 2.34. The Morgan fingerprint density at radius 1 is 1.14 bits per heavy atom. The Balaban J connectivity index is 1.71. The van der Waals surface area contributed by atoms with Gasteiger partial charge in [-0.1, -0.05) is 53.5 Å². The van der Waals surface area contributed by atoms with Crippen LogP contribution in [0.3, 0.4) is 0 Å². The van der Waals surface area contributed by atoms with Crippen LogP contribution >= 0.6 is 23.2 Å². The highest BCUT2D eigenvalue weighted by Crippen LogP contribution is 2.31. The molecule has 8 heteroatoms. The van der Waals surface area contributed by atoms with E-state index >= 15 is 0 Å². The molecule has 28 heavy (non-hydrogen) atoms. The van der Waals surface area contributed by atoms with Crippen LogP contribution in [0.2, 0.25) is 10.0 Å². The van der Waals surface area contributed by atoms with Crippen LogP contribution in [0.25, 0.3) is 0 Å². The first-order valence-corrected chi connectivity index (χ1v) is 11.4. The van der Waals surface area contributed by atoms with E-state index in [0.717, 1.165) is 5.56 Å². The van der Waals surface area contributed by atoms with Gasteiger partial charge in [-0.2, -0.15) is 0 Å². The number of carbonyl (C=O) groups is 1. The second kappa shape index (κ2) is 8.72. The van der Waals surface area contributed by atoms with Crippen LogP contribution in [0.4, 0.5) is 0 Å². The number of carbonyl (C=O) groups excluding carboxylic acids is 1. The summed E-state index contributed by atoms with van der Waals surface area (Å²) < 4.78 is 31.1. The number of amides is 1.